The number of aryl methyl sites for hydroxylation is 2. The van der Waals surface area contributed by atoms with Crippen molar-refractivity contribution in [3.05, 3.63) is 82.4 Å². The number of ketones is 1. The first-order chi connectivity index (χ1) is 14.9. The van der Waals surface area contributed by atoms with Gasteiger partial charge in [0, 0.05) is 0 Å². The van der Waals surface area contributed by atoms with E-state index < -0.39 is 0 Å². The lowest BCUT2D eigenvalue weighted by molar-refractivity contribution is -0.140. The van der Waals surface area contributed by atoms with Crippen molar-refractivity contribution in [3.63, 3.8) is 0 Å². The standard InChI is InChI=1S/C27H22O4/c1-14(2)27(29)31-26-23-20-11-10-19(30-20)22(23)25(28)24(26)21-15(3)12-18(13-16(21)4)17-8-6-5-7-9-17/h5-14H,1-4H3. The van der Waals surface area contributed by atoms with Gasteiger partial charge < -0.3 is 9.15 Å². The first-order valence-electron chi connectivity index (χ1n) is 10.4. The maximum absolute atomic E-state index is 13.5. The summed E-state index contributed by atoms with van der Waals surface area (Å²) in [7, 11) is 0. The van der Waals surface area contributed by atoms with Gasteiger partial charge in [0.25, 0.3) is 0 Å². The molecule has 0 aliphatic heterocycles. The van der Waals surface area contributed by atoms with Crippen molar-refractivity contribution in [1.29, 1.82) is 0 Å². The Morgan fingerprint density at radius 2 is 1.45 bits per heavy atom. The molecule has 0 N–H and O–H groups in total. The molecular weight excluding hydrogens is 388 g/mol. The van der Waals surface area contributed by atoms with E-state index in [4.69, 9.17) is 9.15 Å². The molecule has 5 rings (SSSR count). The lowest BCUT2D eigenvalue weighted by atomic mass is 9.90. The monoisotopic (exact) mass is 410 g/mol. The number of allylic oxidation sites excluding steroid dienone is 1. The summed E-state index contributed by atoms with van der Waals surface area (Å²) < 4.78 is 11.5. The molecule has 0 saturated carbocycles. The number of carbonyl (C=O) groups excluding carboxylic acids is 2. The molecule has 1 aliphatic carbocycles. The molecule has 4 heteroatoms. The molecular formula is C27H22O4. The van der Waals surface area contributed by atoms with Gasteiger partial charge in [-0.1, -0.05) is 56.3 Å². The Kier molecular flexibility index (Phi) is 4.33. The van der Waals surface area contributed by atoms with E-state index in [1.807, 2.05) is 38.1 Å². The SMILES string of the molecule is Cc1cc(-c2ccccc2)cc(C)c1C1=C(OC(=O)C(C)C)c2c(c3ccc2o3)C1=O. The smallest absolute Gasteiger partial charge is 0.313 e. The Balaban J connectivity index is 1.72. The Morgan fingerprint density at radius 1 is 0.839 bits per heavy atom. The van der Waals surface area contributed by atoms with Gasteiger partial charge in [0.05, 0.1) is 22.6 Å². The molecule has 2 heterocycles. The molecule has 2 bridgehead atoms. The van der Waals surface area contributed by atoms with Gasteiger partial charge in [0.1, 0.15) is 11.2 Å². The average molecular weight is 410 g/mol. The number of hydrogen-bond acceptors (Lipinski definition) is 4. The molecule has 154 valence electrons. The lowest BCUT2D eigenvalue weighted by Gasteiger charge is -2.16. The van der Waals surface area contributed by atoms with E-state index in [2.05, 4.69) is 24.3 Å². The largest absolute Gasteiger partial charge is 0.456 e. The minimum absolute atomic E-state index is 0.158. The van der Waals surface area contributed by atoms with Gasteiger partial charge in [0.15, 0.2) is 5.76 Å². The fraction of sp³-hybridized carbons (Fsp3) is 0.185. The molecule has 0 amide bonds. The van der Waals surface area contributed by atoms with Crippen molar-refractivity contribution in [2.75, 3.05) is 0 Å². The fourth-order valence-electron chi connectivity index (χ4n) is 4.36. The molecule has 2 aromatic carbocycles. The van der Waals surface area contributed by atoms with E-state index in [0.29, 0.717) is 33.6 Å². The zero-order valence-electron chi connectivity index (χ0n) is 17.9. The molecule has 0 atom stereocenters. The molecule has 31 heavy (non-hydrogen) atoms. The Labute approximate surface area is 180 Å². The van der Waals surface area contributed by atoms with E-state index in [9.17, 15) is 9.59 Å². The van der Waals surface area contributed by atoms with E-state index in [1.54, 1.807) is 19.9 Å². The minimum Gasteiger partial charge on any atom is -0.456 e. The molecule has 0 fully saturated rings. The van der Waals surface area contributed by atoms with Crippen LogP contribution in [0.5, 0.6) is 0 Å². The molecule has 2 aromatic heterocycles. The fourth-order valence-corrected chi connectivity index (χ4v) is 4.36. The van der Waals surface area contributed by atoms with Gasteiger partial charge in [-0.3, -0.25) is 9.59 Å². The van der Waals surface area contributed by atoms with Crippen LogP contribution in [-0.2, 0) is 9.53 Å². The van der Waals surface area contributed by atoms with Crippen molar-refractivity contribution >= 4 is 34.3 Å². The molecule has 0 unspecified atom stereocenters. The quantitative estimate of drug-likeness (QED) is 0.364. The summed E-state index contributed by atoms with van der Waals surface area (Å²) >= 11 is 0. The zero-order chi connectivity index (χ0) is 21.9. The van der Waals surface area contributed by atoms with Crippen molar-refractivity contribution in [3.8, 4) is 11.1 Å². The van der Waals surface area contributed by atoms with Crippen LogP contribution >= 0.6 is 0 Å². The highest BCUT2D eigenvalue weighted by molar-refractivity contribution is 6.43. The number of hydrogen-bond donors (Lipinski definition) is 0. The van der Waals surface area contributed by atoms with E-state index >= 15 is 0 Å². The number of carbonyl (C=O) groups is 2. The second-order valence-electron chi connectivity index (χ2n) is 8.37. The van der Waals surface area contributed by atoms with E-state index in [-0.39, 0.29) is 17.7 Å². The van der Waals surface area contributed by atoms with Crippen LogP contribution in [0.15, 0.2) is 59.0 Å². The number of esters is 1. The molecule has 1 aliphatic rings. The van der Waals surface area contributed by atoms with Crippen LogP contribution in [0, 0.1) is 19.8 Å². The number of fused-ring (bicyclic) bond motifs is 5. The zero-order valence-corrected chi connectivity index (χ0v) is 17.9. The summed E-state index contributed by atoms with van der Waals surface area (Å²) in [5.74, 6) is -0.534. The van der Waals surface area contributed by atoms with Gasteiger partial charge in [-0.25, -0.2) is 0 Å². The van der Waals surface area contributed by atoms with E-state index in [0.717, 1.165) is 27.8 Å². The van der Waals surface area contributed by atoms with Gasteiger partial charge in [-0.2, -0.15) is 0 Å². The number of furan rings is 2. The molecule has 4 nitrogen and oxygen atoms in total. The lowest BCUT2D eigenvalue weighted by Crippen LogP contribution is -2.11. The van der Waals surface area contributed by atoms with Crippen LogP contribution in [-0.4, -0.2) is 11.8 Å². The first kappa shape index (κ1) is 19.3. The Bertz CT molecular complexity index is 1350. The third-order valence-corrected chi connectivity index (χ3v) is 5.82. The van der Waals surface area contributed by atoms with Crippen LogP contribution in [0.3, 0.4) is 0 Å². The third-order valence-electron chi connectivity index (χ3n) is 5.82. The second kappa shape index (κ2) is 6.95. The first-order valence-corrected chi connectivity index (χ1v) is 10.4. The summed E-state index contributed by atoms with van der Waals surface area (Å²) in [6.45, 7) is 7.53. The highest BCUT2D eigenvalue weighted by atomic mass is 16.5. The summed E-state index contributed by atoms with van der Waals surface area (Å²) in [5, 5.41) is 0. The predicted molar refractivity (Wildman–Crippen MR) is 121 cm³/mol. The van der Waals surface area contributed by atoms with Gasteiger partial charge in [-0.15, -0.1) is 0 Å². The normalized spacial score (nSPS) is 13.5. The summed E-state index contributed by atoms with van der Waals surface area (Å²) in [6, 6.07) is 17.9. The summed E-state index contributed by atoms with van der Waals surface area (Å²) in [4.78, 5) is 26.1. The van der Waals surface area contributed by atoms with Crippen LogP contribution in [0.1, 0.15) is 46.5 Å². The van der Waals surface area contributed by atoms with Gasteiger partial charge in [-0.05, 0) is 53.8 Å². The van der Waals surface area contributed by atoms with Crippen LogP contribution in [0.25, 0.3) is 33.6 Å². The number of rotatable bonds is 4. The number of Topliss-reactive ketones (excluding diaryl/α,β-unsaturated/α-hetero) is 1. The van der Waals surface area contributed by atoms with Crippen LogP contribution in [0.2, 0.25) is 0 Å². The van der Waals surface area contributed by atoms with Crippen molar-refractivity contribution < 1.29 is 18.7 Å². The highest BCUT2D eigenvalue weighted by Gasteiger charge is 2.40. The van der Waals surface area contributed by atoms with Crippen LogP contribution in [0.4, 0.5) is 0 Å². The van der Waals surface area contributed by atoms with Gasteiger partial charge >= 0.3 is 5.97 Å². The van der Waals surface area contributed by atoms with Crippen molar-refractivity contribution in [2.24, 2.45) is 5.92 Å². The Hall–Kier alpha value is -3.66. The van der Waals surface area contributed by atoms with E-state index in [1.165, 1.54) is 0 Å². The average Bonchev–Trinajstić information content (AvgIpc) is 3.43. The summed E-state index contributed by atoms with van der Waals surface area (Å²) in [5.41, 5.74) is 7.54. The van der Waals surface area contributed by atoms with Gasteiger partial charge in [0.2, 0.25) is 5.78 Å². The molecule has 0 spiro atoms. The molecule has 0 radical (unpaired) electrons. The Morgan fingerprint density at radius 3 is 2.06 bits per heavy atom. The number of ether oxygens (including phenoxy) is 1. The topological polar surface area (TPSA) is 56.5 Å². The highest BCUT2D eigenvalue weighted by Crippen LogP contribution is 2.47. The van der Waals surface area contributed by atoms with Crippen molar-refractivity contribution in [2.45, 2.75) is 27.7 Å². The maximum atomic E-state index is 13.5. The van der Waals surface area contributed by atoms with Crippen LogP contribution < -0.4 is 0 Å². The second-order valence-corrected chi connectivity index (χ2v) is 8.37. The van der Waals surface area contributed by atoms with Crippen molar-refractivity contribution in [1.82, 2.24) is 0 Å². The predicted octanol–water partition coefficient (Wildman–Crippen LogP) is 6.42. The third kappa shape index (κ3) is 2.90. The number of benzene rings is 3. The minimum atomic E-state index is -0.373. The molecule has 0 saturated heterocycles. The maximum Gasteiger partial charge on any atom is 0.313 e. The summed E-state index contributed by atoms with van der Waals surface area (Å²) in [6.07, 6.45) is 0. The molecule has 4 aromatic rings.